The van der Waals surface area contributed by atoms with Crippen molar-refractivity contribution in [1.82, 2.24) is 14.7 Å². The second-order valence-corrected chi connectivity index (χ2v) is 9.28. The van der Waals surface area contributed by atoms with E-state index in [2.05, 4.69) is 46.5 Å². The molecule has 2 amide bonds. The van der Waals surface area contributed by atoms with Crippen molar-refractivity contribution in [1.29, 1.82) is 0 Å². The number of nitrogens with one attached hydrogen (secondary N) is 1. The Morgan fingerprint density at radius 1 is 1.09 bits per heavy atom. The minimum Gasteiger partial charge on any atom is -0.368 e. The average Bonchev–Trinajstić information content (AvgIpc) is 3.38. The molecular formula is C28H33N5O2. The van der Waals surface area contributed by atoms with Crippen LogP contribution >= 0.6 is 0 Å². The summed E-state index contributed by atoms with van der Waals surface area (Å²) in [6, 6.07) is 15.9. The van der Waals surface area contributed by atoms with Gasteiger partial charge in [0, 0.05) is 29.6 Å². The number of aryl methyl sites for hydroxylation is 2. The van der Waals surface area contributed by atoms with Gasteiger partial charge in [0.15, 0.2) is 0 Å². The van der Waals surface area contributed by atoms with E-state index in [1.54, 1.807) is 6.08 Å². The molecule has 1 aliphatic heterocycles. The van der Waals surface area contributed by atoms with Crippen LogP contribution < -0.4 is 11.1 Å². The SMILES string of the molecule is Cc1ccc(Cn2nc(C)c(/C=C/C(=O)Nc3cccc(CN4CCCC4C(N)=O)c3)c2C)cc1. The highest BCUT2D eigenvalue weighted by atomic mass is 16.2. The van der Waals surface area contributed by atoms with Crippen LogP contribution in [0.15, 0.2) is 54.6 Å². The fraction of sp³-hybridized carbons (Fsp3) is 0.321. The molecule has 1 atom stereocenters. The standard InChI is InChI=1S/C28H33N5O2/c1-19-9-11-22(12-10-19)18-33-21(3)25(20(2)31-33)13-14-27(34)30-24-7-4-6-23(16-24)17-32-15-5-8-26(32)28(29)35/h4,6-7,9-14,16,26H,5,8,15,17-18H2,1-3H3,(H2,29,35)(H,30,34)/b14-13+. The number of nitrogens with zero attached hydrogens (tertiary/aromatic N) is 3. The summed E-state index contributed by atoms with van der Waals surface area (Å²) in [4.78, 5) is 26.4. The van der Waals surface area contributed by atoms with E-state index >= 15 is 0 Å². The minimum atomic E-state index is -0.273. The summed E-state index contributed by atoms with van der Waals surface area (Å²) in [7, 11) is 0. The van der Waals surface area contributed by atoms with Gasteiger partial charge in [-0.2, -0.15) is 5.10 Å². The van der Waals surface area contributed by atoms with E-state index in [0.717, 1.165) is 47.6 Å². The number of benzene rings is 2. The van der Waals surface area contributed by atoms with Gasteiger partial charge in [-0.25, -0.2) is 0 Å². The van der Waals surface area contributed by atoms with Gasteiger partial charge in [-0.05, 0) is 69.5 Å². The first kappa shape index (κ1) is 24.4. The molecule has 2 aromatic carbocycles. The van der Waals surface area contributed by atoms with Gasteiger partial charge in [0.25, 0.3) is 0 Å². The molecule has 7 nitrogen and oxygen atoms in total. The normalized spacial score (nSPS) is 16.1. The highest BCUT2D eigenvalue weighted by Crippen LogP contribution is 2.22. The molecule has 182 valence electrons. The van der Waals surface area contributed by atoms with Crippen molar-refractivity contribution in [3.8, 4) is 0 Å². The van der Waals surface area contributed by atoms with E-state index in [1.165, 1.54) is 11.1 Å². The van der Waals surface area contributed by atoms with Crippen LogP contribution in [0.5, 0.6) is 0 Å². The van der Waals surface area contributed by atoms with Crippen molar-refractivity contribution in [2.24, 2.45) is 5.73 Å². The Kier molecular flexibility index (Phi) is 7.46. The number of hydrogen-bond donors (Lipinski definition) is 2. The molecule has 0 bridgehead atoms. The lowest BCUT2D eigenvalue weighted by atomic mass is 10.1. The number of primary amides is 1. The molecule has 2 heterocycles. The maximum atomic E-state index is 12.6. The summed E-state index contributed by atoms with van der Waals surface area (Å²) in [6.07, 6.45) is 5.14. The zero-order chi connectivity index (χ0) is 24.9. The van der Waals surface area contributed by atoms with E-state index in [-0.39, 0.29) is 17.9 Å². The Bertz CT molecular complexity index is 1240. The van der Waals surface area contributed by atoms with Crippen LogP contribution in [-0.2, 0) is 22.7 Å². The second-order valence-electron chi connectivity index (χ2n) is 9.28. The fourth-order valence-electron chi connectivity index (χ4n) is 4.63. The lowest BCUT2D eigenvalue weighted by Crippen LogP contribution is -2.39. The highest BCUT2D eigenvalue weighted by Gasteiger charge is 2.28. The largest absolute Gasteiger partial charge is 0.368 e. The number of carbonyl (C=O) groups excluding carboxylic acids is 2. The molecule has 3 N–H and O–H groups in total. The number of rotatable bonds is 8. The predicted molar refractivity (Wildman–Crippen MR) is 139 cm³/mol. The maximum Gasteiger partial charge on any atom is 0.248 e. The van der Waals surface area contributed by atoms with Crippen molar-refractivity contribution < 1.29 is 9.59 Å². The Morgan fingerprint density at radius 3 is 2.60 bits per heavy atom. The van der Waals surface area contributed by atoms with Crippen molar-refractivity contribution >= 4 is 23.6 Å². The van der Waals surface area contributed by atoms with Crippen molar-refractivity contribution in [3.63, 3.8) is 0 Å². The summed E-state index contributed by atoms with van der Waals surface area (Å²) in [5.41, 5.74) is 12.6. The van der Waals surface area contributed by atoms with Gasteiger partial charge in [-0.3, -0.25) is 19.2 Å². The average molecular weight is 472 g/mol. The van der Waals surface area contributed by atoms with Crippen molar-refractivity contribution in [2.45, 2.75) is 52.7 Å². The van der Waals surface area contributed by atoms with Gasteiger partial charge < -0.3 is 11.1 Å². The summed E-state index contributed by atoms with van der Waals surface area (Å²) < 4.78 is 1.97. The zero-order valence-corrected chi connectivity index (χ0v) is 20.6. The smallest absolute Gasteiger partial charge is 0.248 e. The molecule has 35 heavy (non-hydrogen) atoms. The van der Waals surface area contributed by atoms with Crippen LogP contribution in [0.1, 0.15) is 46.5 Å². The Hall–Kier alpha value is -3.71. The lowest BCUT2D eigenvalue weighted by molar-refractivity contribution is -0.122. The Morgan fingerprint density at radius 2 is 1.86 bits per heavy atom. The third kappa shape index (κ3) is 6.05. The highest BCUT2D eigenvalue weighted by molar-refractivity contribution is 6.02. The number of nitrogens with two attached hydrogens (primary N) is 1. The Balaban J connectivity index is 1.40. The van der Waals surface area contributed by atoms with Gasteiger partial charge in [0.05, 0.1) is 18.3 Å². The molecule has 3 aromatic rings. The number of likely N-dealkylation sites (tertiary alicyclic amines) is 1. The molecule has 1 aliphatic rings. The van der Waals surface area contributed by atoms with E-state index < -0.39 is 0 Å². The van der Waals surface area contributed by atoms with E-state index in [0.29, 0.717) is 13.1 Å². The van der Waals surface area contributed by atoms with Gasteiger partial charge >= 0.3 is 0 Å². The van der Waals surface area contributed by atoms with Crippen LogP contribution in [-0.4, -0.2) is 39.1 Å². The maximum absolute atomic E-state index is 12.6. The van der Waals surface area contributed by atoms with Gasteiger partial charge in [-0.1, -0.05) is 42.0 Å². The molecule has 4 rings (SSSR count). The van der Waals surface area contributed by atoms with Crippen LogP contribution in [0.25, 0.3) is 6.08 Å². The second kappa shape index (κ2) is 10.7. The van der Waals surface area contributed by atoms with Crippen LogP contribution in [0, 0.1) is 20.8 Å². The summed E-state index contributed by atoms with van der Waals surface area (Å²) in [5.74, 6) is -0.478. The topological polar surface area (TPSA) is 93.2 Å². The summed E-state index contributed by atoms with van der Waals surface area (Å²) in [6.45, 7) is 8.22. The van der Waals surface area contributed by atoms with E-state index in [9.17, 15) is 9.59 Å². The molecule has 0 aliphatic carbocycles. The molecule has 0 radical (unpaired) electrons. The molecule has 1 unspecified atom stereocenters. The van der Waals surface area contributed by atoms with E-state index in [4.69, 9.17) is 5.73 Å². The summed E-state index contributed by atoms with van der Waals surface area (Å²) >= 11 is 0. The molecule has 0 saturated carbocycles. The number of aromatic nitrogens is 2. The van der Waals surface area contributed by atoms with E-state index in [1.807, 2.05) is 48.9 Å². The number of amides is 2. The van der Waals surface area contributed by atoms with Crippen LogP contribution in [0.3, 0.4) is 0 Å². The van der Waals surface area contributed by atoms with Crippen molar-refractivity contribution in [3.05, 3.63) is 88.2 Å². The first-order chi connectivity index (χ1) is 16.8. The monoisotopic (exact) mass is 471 g/mol. The third-order valence-electron chi connectivity index (χ3n) is 6.56. The third-order valence-corrected chi connectivity index (χ3v) is 6.56. The van der Waals surface area contributed by atoms with Gasteiger partial charge in [0.1, 0.15) is 0 Å². The predicted octanol–water partition coefficient (Wildman–Crippen LogP) is 3.96. The number of anilines is 1. The molecule has 1 saturated heterocycles. The molecule has 7 heteroatoms. The van der Waals surface area contributed by atoms with Gasteiger partial charge in [-0.15, -0.1) is 0 Å². The lowest BCUT2D eigenvalue weighted by Gasteiger charge is -2.22. The molecule has 1 aromatic heterocycles. The fourth-order valence-corrected chi connectivity index (χ4v) is 4.63. The van der Waals surface area contributed by atoms with Gasteiger partial charge in [0.2, 0.25) is 11.8 Å². The number of carbonyl (C=O) groups is 2. The molecular weight excluding hydrogens is 438 g/mol. The van der Waals surface area contributed by atoms with Crippen LogP contribution in [0.4, 0.5) is 5.69 Å². The number of hydrogen-bond acceptors (Lipinski definition) is 4. The Labute approximate surface area is 206 Å². The first-order valence-corrected chi connectivity index (χ1v) is 12.0. The first-order valence-electron chi connectivity index (χ1n) is 12.0. The van der Waals surface area contributed by atoms with Crippen molar-refractivity contribution in [2.75, 3.05) is 11.9 Å². The summed E-state index contributed by atoms with van der Waals surface area (Å²) in [5, 5.41) is 7.60. The van der Waals surface area contributed by atoms with Crippen LogP contribution in [0.2, 0.25) is 0 Å². The minimum absolute atomic E-state index is 0.205. The zero-order valence-electron chi connectivity index (χ0n) is 20.6. The quantitative estimate of drug-likeness (QED) is 0.487. The molecule has 1 fully saturated rings. The molecule has 0 spiro atoms.